The molecule has 0 heterocycles. The zero-order valence-corrected chi connectivity index (χ0v) is 13.3. The maximum Gasteiger partial charge on any atom is 0.266 e. The zero-order chi connectivity index (χ0) is 15.3. The Morgan fingerprint density at radius 1 is 1.00 bits per heavy atom. The summed E-state index contributed by atoms with van der Waals surface area (Å²) in [4.78, 5) is 3.60. The van der Waals surface area contributed by atoms with Crippen molar-refractivity contribution >= 4 is 16.0 Å². The summed E-state index contributed by atoms with van der Waals surface area (Å²) in [6.45, 7) is 2.06. The third-order valence-electron chi connectivity index (χ3n) is 3.13. The van der Waals surface area contributed by atoms with E-state index in [9.17, 15) is 13.5 Å². The van der Waals surface area contributed by atoms with Crippen LogP contribution in [0, 0.1) is 0 Å². The molecule has 0 unspecified atom stereocenters. The maximum absolute atomic E-state index is 11.3. The highest BCUT2D eigenvalue weighted by molar-refractivity contribution is 7.85. The van der Waals surface area contributed by atoms with Crippen LogP contribution in [0.2, 0.25) is 0 Å². The Hall–Kier alpha value is -0.620. The van der Waals surface area contributed by atoms with Gasteiger partial charge in [0.05, 0.1) is 12.3 Å². The fourth-order valence-electron chi connectivity index (χ4n) is 1.95. The van der Waals surface area contributed by atoms with Crippen LogP contribution in [0.15, 0.2) is 4.99 Å². The predicted octanol–water partition coefficient (Wildman–Crippen LogP) is 2.55. The van der Waals surface area contributed by atoms with Gasteiger partial charge in [-0.2, -0.15) is 8.42 Å². The second-order valence-corrected chi connectivity index (χ2v) is 6.71. The molecule has 20 heavy (non-hydrogen) atoms. The lowest BCUT2D eigenvalue weighted by Gasteiger charge is -2.10. The molecule has 0 aromatic rings. The highest BCUT2D eigenvalue weighted by Gasteiger charge is 2.01. The molecule has 0 aliphatic heterocycles. The van der Waals surface area contributed by atoms with Gasteiger partial charge >= 0.3 is 0 Å². The van der Waals surface area contributed by atoms with Gasteiger partial charge in [-0.05, 0) is 18.7 Å². The predicted molar refractivity (Wildman–Crippen MR) is 80.6 cm³/mol. The van der Waals surface area contributed by atoms with E-state index in [1.165, 1.54) is 38.5 Å². The van der Waals surface area contributed by atoms with Crippen LogP contribution in [0.1, 0.15) is 71.1 Å². The lowest BCUT2D eigenvalue weighted by molar-refractivity contribution is -0.219. The van der Waals surface area contributed by atoms with E-state index in [4.69, 9.17) is 4.55 Å². The largest absolute Gasteiger partial charge is 0.862 e. The molecule has 0 rings (SSSR count). The lowest BCUT2D eigenvalue weighted by atomic mass is 10.1. The minimum absolute atomic E-state index is 0.144. The van der Waals surface area contributed by atoms with Crippen LogP contribution >= 0.6 is 0 Å². The SMILES string of the molecule is CCCCCCCCCCCC([O-])=NCCS(=O)(=O)O. The molecule has 0 radical (unpaired) electrons. The molecule has 0 saturated heterocycles. The molecule has 0 saturated carbocycles. The van der Waals surface area contributed by atoms with Crippen LogP contribution in [0.25, 0.3) is 0 Å². The van der Waals surface area contributed by atoms with E-state index in [-0.39, 0.29) is 12.4 Å². The fraction of sp³-hybridized carbons (Fsp3) is 0.929. The molecule has 0 fully saturated rings. The first-order valence-electron chi connectivity index (χ1n) is 7.61. The second-order valence-electron chi connectivity index (χ2n) is 5.14. The van der Waals surface area contributed by atoms with Crippen molar-refractivity contribution in [3.63, 3.8) is 0 Å². The Labute approximate surface area is 123 Å². The van der Waals surface area contributed by atoms with Crippen molar-refractivity contribution < 1.29 is 18.1 Å². The Balaban J connectivity index is 3.39. The van der Waals surface area contributed by atoms with Gasteiger partial charge in [-0.15, -0.1) is 0 Å². The van der Waals surface area contributed by atoms with Gasteiger partial charge in [0.1, 0.15) is 0 Å². The molecular weight excluding hydrogens is 278 g/mol. The van der Waals surface area contributed by atoms with Crippen molar-refractivity contribution in [3.05, 3.63) is 0 Å². The van der Waals surface area contributed by atoms with Crippen molar-refractivity contribution in [1.29, 1.82) is 0 Å². The minimum Gasteiger partial charge on any atom is -0.862 e. The van der Waals surface area contributed by atoms with E-state index in [0.717, 1.165) is 19.3 Å². The average molecular weight is 306 g/mol. The van der Waals surface area contributed by atoms with E-state index >= 15 is 0 Å². The van der Waals surface area contributed by atoms with Crippen molar-refractivity contribution in [2.24, 2.45) is 4.99 Å². The molecular formula is C14H28NO4S-. The van der Waals surface area contributed by atoms with Gasteiger partial charge in [-0.3, -0.25) is 4.55 Å². The normalized spacial score (nSPS) is 12.8. The van der Waals surface area contributed by atoms with Gasteiger partial charge in [0.15, 0.2) is 0 Å². The molecule has 0 atom stereocenters. The Morgan fingerprint density at radius 2 is 1.50 bits per heavy atom. The van der Waals surface area contributed by atoms with Crippen molar-refractivity contribution in [3.8, 4) is 0 Å². The maximum atomic E-state index is 11.3. The monoisotopic (exact) mass is 306 g/mol. The molecule has 6 heteroatoms. The molecule has 0 aliphatic carbocycles. The lowest BCUT2D eigenvalue weighted by Crippen LogP contribution is -2.19. The number of rotatable bonds is 13. The smallest absolute Gasteiger partial charge is 0.266 e. The fourth-order valence-corrected chi connectivity index (χ4v) is 2.27. The number of nitrogens with zero attached hydrogens (tertiary/aromatic N) is 1. The quantitative estimate of drug-likeness (QED) is 0.245. The molecule has 0 bridgehead atoms. The summed E-state index contributed by atoms with van der Waals surface area (Å²) in [5.41, 5.74) is 0. The van der Waals surface area contributed by atoms with Crippen molar-refractivity contribution in [1.82, 2.24) is 0 Å². The molecule has 0 spiro atoms. The summed E-state index contributed by atoms with van der Waals surface area (Å²) in [5, 5.41) is 11.3. The summed E-state index contributed by atoms with van der Waals surface area (Å²) in [7, 11) is -4.01. The van der Waals surface area contributed by atoms with Crippen LogP contribution in [-0.2, 0) is 10.1 Å². The Morgan fingerprint density at radius 3 is 2.00 bits per heavy atom. The van der Waals surface area contributed by atoms with Gasteiger partial charge in [0.25, 0.3) is 10.1 Å². The topological polar surface area (TPSA) is 89.8 Å². The Kier molecular flexibility index (Phi) is 11.8. The third-order valence-corrected chi connectivity index (χ3v) is 3.83. The van der Waals surface area contributed by atoms with Crippen molar-refractivity contribution in [2.75, 3.05) is 12.3 Å². The van der Waals surface area contributed by atoms with Crippen LogP contribution < -0.4 is 5.11 Å². The first-order chi connectivity index (χ1) is 9.45. The molecule has 120 valence electrons. The zero-order valence-electron chi connectivity index (χ0n) is 12.5. The van der Waals surface area contributed by atoms with E-state index in [1.807, 2.05) is 0 Å². The summed E-state index contributed by atoms with van der Waals surface area (Å²) in [6.07, 6.45) is 11.1. The molecule has 0 aromatic carbocycles. The number of unbranched alkanes of at least 4 members (excludes halogenated alkanes) is 8. The molecule has 5 nitrogen and oxygen atoms in total. The molecule has 0 amide bonds. The van der Waals surface area contributed by atoms with E-state index in [2.05, 4.69) is 11.9 Å². The first kappa shape index (κ1) is 19.4. The second kappa shape index (κ2) is 12.1. The average Bonchev–Trinajstić information content (AvgIpc) is 2.35. The van der Waals surface area contributed by atoms with Crippen LogP contribution in [0.4, 0.5) is 0 Å². The summed E-state index contributed by atoms with van der Waals surface area (Å²) >= 11 is 0. The van der Waals surface area contributed by atoms with E-state index in [1.54, 1.807) is 0 Å². The molecule has 0 aliphatic rings. The molecule has 1 N–H and O–H groups in total. The van der Waals surface area contributed by atoms with Gasteiger partial charge in [-0.25, -0.2) is 0 Å². The Bertz CT molecular complexity index is 352. The van der Waals surface area contributed by atoms with Gasteiger partial charge in [0, 0.05) is 0 Å². The standard InChI is InChI=1S/C14H29NO4S/c1-2-3-4-5-6-7-8-9-10-11-14(16)15-12-13-20(17,18)19/h2-13H2,1H3,(H,15,16)(H,17,18,19)/p-1. The first-order valence-corrected chi connectivity index (χ1v) is 9.22. The van der Waals surface area contributed by atoms with Gasteiger partial charge < -0.3 is 10.1 Å². The van der Waals surface area contributed by atoms with Crippen LogP contribution in [0.3, 0.4) is 0 Å². The number of hydrogen-bond acceptors (Lipinski definition) is 4. The van der Waals surface area contributed by atoms with Crippen LogP contribution in [-0.4, -0.2) is 31.2 Å². The van der Waals surface area contributed by atoms with Crippen molar-refractivity contribution in [2.45, 2.75) is 71.1 Å². The summed E-state index contributed by atoms with van der Waals surface area (Å²) in [5.74, 6) is -0.743. The van der Waals surface area contributed by atoms with E-state index < -0.39 is 15.9 Å². The highest BCUT2D eigenvalue weighted by Crippen LogP contribution is 2.10. The van der Waals surface area contributed by atoms with Gasteiger partial charge in [-0.1, -0.05) is 58.3 Å². The molecule has 0 aromatic heterocycles. The third kappa shape index (κ3) is 15.4. The van der Waals surface area contributed by atoms with E-state index in [0.29, 0.717) is 6.42 Å². The number of aliphatic imine (C=N–C) groups is 1. The summed E-state index contributed by atoms with van der Waals surface area (Å²) < 4.78 is 29.3. The highest BCUT2D eigenvalue weighted by atomic mass is 32.2. The number of hydrogen-bond donors (Lipinski definition) is 1. The minimum atomic E-state index is -4.01. The summed E-state index contributed by atoms with van der Waals surface area (Å²) in [6, 6.07) is 0. The van der Waals surface area contributed by atoms with Gasteiger partial charge in [0.2, 0.25) is 0 Å². The van der Waals surface area contributed by atoms with Crippen LogP contribution in [0.5, 0.6) is 0 Å².